The molecule has 0 spiro atoms. The molecule has 0 aliphatic carbocycles. The maximum Gasteiger partial charge on any atom is 0.0721 e. The van der Waals surface area contributed by atoms with Crippen molar-refractivity contribution in [3.05, 3.63) is 34.9 Å². The van der Waals surface area contributed by atoms with E-state index in [1.165, 1.54) is 12.8 Å². The van der Waals surface area contributed by atoms with Gasteiger partial charge in [-0.15, -0.1) is 0 Å². The Bertz CT molecular complexity index is 326. The summed E-state index contributed by atoms with van der Waals surface area (Å²) in [6.07, 6.45) is 2.65. The van der Waals surface area contributed by atoms with Crippen LogP contribution in [0.25, 0.3) is 0 Å². The summed E-state index contributed by atoms with van der Waals surface area (Å²) in [6, 6.07) is 8.36. The number of hydrogen-bond donors (Lipinski definition) is 1. The van der Waals surface area contributed by atoms with E-state index in [0.29, 0.717) is 12.6 Å². The second-order valence-corrected chi connectivity index (χ2v) is 5.28. The van der Waals surface area contributed by atoms with Crippen LogP contribution < -0.4 is 5.32 Å². The molecule has 1 N–H and O–H groups in total. The van der Waals surface area contributed by atoms with Crippen LogP contribution >= 0.6 is 11.6 Å². The Morgan fingerprint density at radius 1 is 1.22 bits per heavy atom. The third-order valence-electron chi connectivity index (χ3n) is 2.92. The summed E-state index contributed by atoms with van der Waals surface area (Å²) in [5.41, 5.74) is 1.16. The third kappa shape index (κ3) is 6.39. The lowest BCUT2D eigenvalue weighted by molar-refractivity contribution is 0.0515. The Kier molecular flexibility index (Phi) is 7.33. The standard InChI is InChI=1S/C15H24ClNO/c1-4-5-12(2)17-10-13(3)18-11-14-6-8-15(16)9-7-14/h6-9,12-13,17H,4-5,10-11H2,1-3H3. The molecule has 0 radical (unpaired) electrons. The highest BCUT2D eigenvalue weighted by atomic mass is 35.5. The van der Waals surface area contributed by atoms with Crippen LogP contribution in [0.2, 0.25) is 5.02 Å². The summed E-state index contributed by atoms with van der Waals surface area (Å²) in [5.74, 6) is 0. The number of ether oxygens (including phenoxy) is 1. The molecule has 0 saturated heterocycles. The zero-order valence-corrected chi connectivity index (χ0v) is 12.3. The summed E-state index contributed by atoms with van der Waals surface area (Å²) < 4.78 is 5.79. The van der Waals surface area contributed by atoms with E-state index in [0.717, 1.165) is 17.1 Å². The molecule has 0 bridgehead atoms. The molecular weight excluding hydrogens is 246 g/mol. The van der Waals surface area contributed by atoms with Gasteiger partial charge in [-0.2, -0.15) is 0 Å². The van der Waals surface area contributed by atoms with Gasteiger partial charge < -0.3 is 10.1 Å². The van der Waals surface area contributed by atoms with Crippen LogP contribution in [0.3, 0.4) is 0 Å². The first-order valence-electron chi connectivity index (χ1n) is 6.71. The van der Waals surface area contributed by atoms with Crippen LogP contribution in [0.1, 0.15) is 39.2 Å². The molecule has 0 saturated carbocycles. The van der Waals surface area contributed by atoms with Gasteiger partial charge in [0, 0.05) is 17.6 Å². The van der Waals surface area contributed by atoms with E-state index in [2.05, 4.69) is 26.1 Å². The second-order valence-electron chi connectivity index (χ2n) is 4.85. The molecule has 0 aliphatic heterocycles. The Labute approximate surface area is 116 Å². The van der Waals surface area contributed by atoms with Crippen molar-refractivity contribution in [1.29, 1.82) is 0 Å². The van der Waals surface area contributed by atoms with Gasteiger partial charge in [-0.1, -0.05) is 37.1 Å². The molecule has 1 aromatic carbocycles. The predicted octanol–water partition coefficient (Wildman–Crippen LogP) is 4.02. The third-order valence-corrected chi connectivity index (χ3v) is 3.18. The lowest BCUT2D eigenvalue weighted by atomic mass is 10.2. The quantitative estimate of drug-likeness (QED) is 0.770. The average Bonchev–Trinajstić information content (AvgIpc) is 2.36. The zero-order valence-electron chi connectivity index (χ0n) is 11.6. The fraction of sp³-hybridized carbons (Fsp3) is 0.600. The SMILES string of the molecule is CCCC(C)NCC(C)OCc1ccc(Cl)cc1. The summed E-state index contributed by atoms with van der Waals surface area (Å²) in [4.78, 5) is 0. The van der Waals surface area contributed by atoms with E-state index in [4.69, 9.17) is 16.3 Å². The number of rotatable bonds is 8. The molecule has 2 unspecified atom stereocenters. The fourth-order valence-electron chi connectivity index (χ4n) is 1.78. The molecule has 2 atom stereocenters. The van der Waals surface area contributed by atoms with Gasteiger partial charge in [0.1, 0.15) is 0 Å². The zero-order chi connectivity index (χ0) is 13.4. The van der Waals surface area contributed by atoms with Crippen LogP contribution in [0.15, 0.2) is 24.3 Å². The monoisotopic (exact) mass is 269 g/mol. The van der Waals surface area contributed by atoms with Gasteiger partial charge in [-0.25, -0.2) is 0 Å². The van der Waals surface area contributed by atoms with Crippen molar-refractivity contribution in [2.75, 3.05) is 6.54 Å². The minimum absolute atomic E-state index is 0.222. The molecule has 0 aromatic heterocycles. The molecule has 0 fully saturated rings. The van der Waals surface area contributed by atoms with E-state index in [-0.39, 0.29) is 6.10 Å². The van der Waals surface area contributed by atoms with Crippen LogP contribution in [0.4, 0.5) is 0 Å². The maximum atomic E-state index is 5.84. The second kappa shape index (κ2) is 8.52. The van der Waals surface area contributed by atoms with Crippen molar-refractivity contribution in [3.63, 3.8) is 0 Å². The normalized spacial score (nSPS) is 14.4. The van der Waals surface area contributed by atoms with Gasteiger partial charge in [0.15, 0.2) is 0 Å². The van der Waals surface area contributed by atoms with Crippen LogP contribution in [-0.2, 0) is 11.3 Å². The van der Waals surface area contributed by atoms with Gasteiger partial charge in [-0.05, 0) is 38.0 Å². The van der Waals surface area contributed by atoms with Crippen LogP contribution in [0, 0.1) is 0 Å². The van der Waals surface area contributed by atoms with Crippen molar-refractivity contribution < 1.29 is 4.74 Å². The Balaban J connectivity index is 2.20. The Morgan fingerprint density at radius 3 is 2.50 bits per heavy atom. The molecule has 0 amide bonds. The predicted molar refractivity (Wildman–Crippen MR) is 78.1 cm³/mol. The summed E-state index contributed by atoms with van der Waals surface area (Å²) in [7, 11) is 0. The van der Waals surface area contributed by atoms with E-state index >= 15 is 0 Å². The molecule has 2 nitrogen and oxygen atoms in total. The lowest BCUT2D eigenvalue weighted by Gasteiger charge is -2.18. The van der Waals surface area contributed by atoms with Gasteiger partial charge in [0.25, 0.3) is 0 Å². The summed E-state index contributed by atoms with van der Waals surface area (Å²) >= 11 is 5.84. The van der Waals surface area contributed by atoms with E-state index in [1.807, 2.05) is 24.3 Å². The fourth-order valence-corrected chi connectivity index (χ4v) is 1.91. The highest BCUT2D eigenvalue weighted by Crippen LogP contribution is 2.10. The van der Waals surface area contributed by atoms with E-state index in [9.17, 15) is 0 Å². The Hall–Kier alpha value is -0.570. The molecule has 102 valence electrons. The molecule has 1 aromatic rings. The van der Waals surface area contributed by atoms with Crippen molar-refractivity contribution >= 4 is 11.6 Å². The number of hydrogen-bond acceptors (Lipinski definition) is 2. The summed E-state index contributed by atoms with van der Waals surface area (Å²) in [6.45, 7) is 8.06. The van der Waals surface area contributed by atoms with Gasteiger partial charge in [0.2, 0.25) is 0 Å². The molecule has 0 aliphatic rings. The highest BCUT2D eigenvalue weighted by Gasteiger charge is 2.05. The van der Waals surface area contributed by atoms with Crippen molar-refractivity contribution in [2.45, 2.75) is 52.4 Å². The number of halogens is 1. The minimum atomic E-state index is 0.222. The van der Waals surface area contributed by atoms with Gasteiger partial charge >= 0.3 is 0 Å². The molecule has 1 rings (SSSR count). The molecule has 0 heterocycles. The van der Waals surface area contributed by atoms with Crippen molar-refractivity contribution in [1.82, 2.24) is 5.32 Å². The average molecular weight is 270 g/mol. The topological polar surface area (TPSA) is 21.3 Å². The van der Waals surface area contributed by atoms with Crippen molar-refractivity contribution in [2.24, 2.45) is 0 Å². The first kappa shape index (κ1) is 15.5. The number of nitrogens with one attached hydrogen (secondary N) is 1. The van der Waals surface area contributed by atoms with Gasteiger partial charge in [-0.3, -0.25) is 0 Å². The molecular formula is C15H24ClNO. The summed E-state index contributed by atoms with van der Waals surface area (Å²) in [5, 5.41) is 4.25. The lowest BCUT2D eigenvalue weighted by Crippen LogP contribution is -2.33. The molecule has 3 heteroatoms. The first-order valence-corrected chi connectivity index (χ1v) is 7.09. The Morgan fingerprint density at radius 2 is 1.89 bits per heavy atom. The van der Waals surface area contributed by atoms with E-state index < -0.39 is 0 Å². The molecule has 18 heavy (non-hydrogen) atoms. The van der Waals surface area contributed by atoms with Crippen molar-refractivity contribution in [3.8, 4) is 0 Å². The van der Waals surface area contributed by atoms with Crippen LogP contribution in [0.5, 0.6) is 0 Å². The minimum Gasteiger partial charge on any atom is -0.373 e. The first-order chi connectivity index (χ1) is 8.61. The number of benzene rings is 1. The van der Waals surface area contributed by atoms with Gasteiger partial charge in [0.05, 0.1) is 12.7 Å². The largest absolute Gasteiger partial charge is 0.373 e. The highest BCUT2D eigenvalue weighted by molar-refractivity contribution is 6.30. The van der Waals surface area contributed by atoms with E-state index in [1.54, 1.807) is 0 Å². The van der Waals surface area contributed by atoms with Crippen LogP contribution in [-0.4, -0.2) is 18.7 Å². The maximum absolute atomic E-state index is 5.84. The smallest absolute Gasteiger partial charge is 0.0721 e.